The lowest BCUT2D eigenvalue weighted by Gasteiger charge is -2.28. The highest BCUT2D eigenvalue weighted by molar-refractivity contribution is 6.31. The van der Waals surface area contributed by atoms with Crippen molar-refractivity contribution in [2.45, 2.75) is 44.9 Å². The van der Waals surface area contributed by atoms with Gasteiger partial charge in [-0.15, -0.1) is 0 Å². The van der Waals surface area contributed by atoms with Crippen LogP contribution < -0.4 is 0 Å². The predicted octanol–water partition coefficient (Wildman–Crippen LogP) is 3.26. The summed E-state index contributed by atoms with van der Waals surface area (Å²) in [5.74, 6) is 0. The van der Waals surface area contributed by atoms with Gasteiger partial charge in [-0.1, -0.05) is 29.8 Å². The molecule has 0 bridgehead atoms. The number of aliphatic hydroxyl groups excluding tert-OH is 1. The Bertz CT molecular complexity index is 425. The Morgan fingerprint density at radius 2 is 2.15 bits per heavy atom. The Kier molecular flexibility index (Phi) is 5.85. The minimum absolute atomic E-state index is 0.155. The largest absolute Gasteiger partial charge is 0.389 e. The van der Waals surface area contributed by atoms with Gasteiger partial charge in [0.1, 0.15) is 0 Å². The van der Waals surface area contributed by atoms with Gasteiger partial charge in [-0.2, -0.15) is 0 Å². The Morgan fingerprint density at radius 1 is 1.40 bits per heavy atom. The third kappa shape index (κ3) is 4.19. The van der Waals surface area contributed by atoms with Gasteiger partial charge in [0.25, 0.3) is 0 Å². The summed E-state index contributed by atoms with van der Waals surface area (Å²) in [6, 6.07) is 8.32. The van der Waals surface area contributed by atoms with Crippen LogP contribution in [0.4, 0.5) is 0 Å². The van der Waals surface area contributed by atoms with Crippen molar-refractivity contribution in [3.8, 4) is 0 Å². The van der Waals surface area contributed by atoms with Crippen LogP contribution in [-0.4, -0.2) is 41.9 Å². The smallest absolute Gasteiger partial charge is 0.0900 e. The molecule has 0 amide bonds. The number of nitrogens with zero attached hydrogens (tertiary/aromatic N) is 1. The van der Waals surface area contributed by atoms with E-state index in [1.165, 1.54) is 5.56 Å². The van der Waals surface area contributed by atoms with Crippen molar-refractivity contribution in [2.24, 2.45) is 0 Å². The normalized spacial score (nSPS) is 21.6. The molecule has 1 fully saturated rings. The first-order chi connectivity index (χ1) is 9.58. The van der Waals surface area contributed by atoms with E-state index in [9.17, 15) is 5.11 Å². The van der Waals surface area contributed by atoms with Gasteiger partial charge in [0.2, 0.25) is 0 Å². The van der Waals surface area contributed by atoms with Crippen LogP contribution in [0.1, 0.15) is 38.3 Å². The number of hydrogen-bond acceptors (Lipinski definition) is 3. The van der Waals surface area contributed by atoms with Crippen LogP contribution in [0.25, 0.3) is 0 Å². The fourth-order valence-electron chi connectivity index (χ4n) is 2.77. The lowest BCUT2D eigenvalue weighted by molar-refractivity contribution is -0.0101. The van der Waals surface area contributed by atoms with E-state index < -0.39 is 6.10 Å². The molecule has 1 heterocycles. The molecule has 0 saturated carbocycles. The lowest BCUT2D eigenvalue weighted by Crippen LogP contribution is -2.35. The van der Waals surface area contributed by atoms with E-state index in [2.05, 4.69) is 11.0 Å². The Morgan fingerprint density at radius 3 is 2.85 bits per heavy atom. The van der Waals surface area contributed by atoms with E-state index in [1.54, 1.807) is 0 Å². The quantitative estimate of drug-likeness (QED) is 0.875. The van der Waals surface area contributed by atoms with Gasteiger partial charge in [0.05, 0.1) is 18.8 Å². The van der Waals surface area contributed by atoms with E-state index in [0.29, 0.717) is 19.2 Å². The fourth-order valence-corrected chi connectivity index (χ4v) is 3.03. The Labute approximate surface area is 126 Å². The molecule has 4 heteroatoms. The maximum Gasteiger partial charge on any atom is 0.0900 e. The number of ether oxygens (including phenoxy) is 1. The van der Waals surface area contributed by atoms with E-state index in [1.807, 2.05) is 32.0 Å². The van der Waals surface area contributed by atoms with Crippen LogP contribution in [0.5, 0.6) is 0 Å². The van der Waals surface area contributed by atoms with Crippen LogP contribution in [0.15, 0.2) is 24.3 Å². The summed E-state index contributed by atoms with van der Waals surface area (Å²) in [7, 11) is 0. The first-order valence-corrected chi connectivity index (χ1v) is 7.74. The Balaban J connectivity index is 1.96. The molecule has 20 heavy (non-hydrogen) atoms. The number of likely N-dealkylation sites (tertiary alicyclic amines) is 1. The summed E-state index contributed by atoms with van der Waals surface area (Å²) in [6.45, 7) is 6.00. The van der Waals surface area contributed by atoms with Crippen molar-refractivity contribution in [1.82, 2.24) is 4.90 Å². The molecular weight excluding hydrogens is 274 g/mol. The second-order valence-corrected chi connectivity index (χ2v) is 6.12. The first kappa shape index (κ1) is 15.8. The van der Waals surface area contributed by atoms with Crippen LogP contribution in [0.3, 0.4) is 0 Å². The molecule has 3 nitrogen and oxygen atoms in total. The molecule has 2 atom stereocenters. The first-order valence-electron chi connectivity index (χ1n) is 7.36. The predicted molar refractivity (Wildman–Crippen MR) is 82.1 cm³/mol. The summed E-state index contributed by atoms with van der Waals surface area (Å²) in [4.78, 5) is 2.32. The highest BCUT2D eigenvalue weighted by atomic mass is 35.5. The van der Waals surface area contributed by atoms with Gasteiger partial charge in [-0.3, -0.25) is 4.90 Å². The summed E-state index contributed by atoms with van der Waals surface area (Å²) in [5, 5.41) is 10.9. The zero-order chi connectivity index (χ0) is 14.5. The number of aliphatic hydroxyl groups is 1. The molecule has 0 aliphatic carbocycles. The lowest BCUT2D eigenvalue weighted by atomic mass is 10.0. The van der Waals surface area contributed by atoms with Crippen LogP contribution in [0, 0.1) is 0 Å². The van der Waals surface area contributed by atoms with Crippen molar-refractivity contribution in [1.29, 1.82) is 0 Å². The van der Waals surface area contributed by atoms with Crippen molar-refractivity contribution in [2.75, 3.05) is 19.7 Å². The van der Waals surface area contributed by atoms with Gasteiger partial charge in [0.15, 0.2) is 0 Å². The van der Waals surface area contributed by atoms with E-state index >= 15 is 0 Å². The zero-order valence-corrected chi connectivity index (χ0v) is 13.0. The molecule has 1 aliphatic rings. The SMILES string of the molecule is CC(C)OCC(O)CN1CCCC1c1ccccc1Cl. The van der Waals surface area contributed by atoms with E-state index in [-0.39, 0.29) is 6.10 Å². The minimum Gasteiger partial charge on any atom is -0.389 e. The van der Waals surface area contributed by atoms with Crippen molar-refractivity contribution in [3.05, 3.63) is 34.9 Å². The average molecular weight is 298 g/mol. The summed E-state index contributed by atoms with van der Waals surface area (Å²) < 4.78 is 5.48. The molecule has 1 saturated heterocycles. The molecule has 1 aromatic rings. The number of rotatable bonds is 6. The highest BCUT2D eigenvalue weighted by Gasteiger charge is 2.28. The molecule has 1 aliphatic heterocycles. The molecule has 0 spiro atoms. The van der Waals surface area contributed by atoms with Crippen molar-refractivity contribution in [3.63, 3.8) is 0 Å². The molecule has 0 aromatic heterocycles. The van der Waals surface area contributed by atoms with Crippen LogP contribution in [-0.2, 0) is 4.74 Å². The molecule has 1 N–H and O–H groups in total. The molecule has 0 radical (unpaired) electrons. The van der Waals surface area contributed by atoms with E-state index in [4.69, 9.17) is 16.3 Å². The van der Waals surface area contributed by atoms with Crippen molar-refractivity contribution >= 4 is 11.6 Å². The van der Waals surface area contributed by atoms with Gasteiger partial charge < -0.3 is 9.84 Å². The monoisotopic (exact) mass is 297 g/mol. The third-order valence-corrected chi connectivity index (χ3v) is 4.04. The minimum atomic E-state index is -0.444. The second-order valence-electron chi connectivity index (χ2n) is 5.71. The van der Waals surface area contributed by atoms with E-state index in [0.717, 1.165) is 24.4 Å². The molecule has 2 unspecified atom stereocenters. The number of halogens is 1. The fraction of sp³-hybridized carbons (Fsp3) is 0.625. The second kappa shape index (κ2) is 7.41. The number of β-amino-alcohol motifs (C(OH)–C–C–N with tert-alkyl or cyclic N) is 1. The number of hydrogen-bond donors (Lipinski definition) is 1. The maximum atomic E-state index is 10.1. The van der Waals surface area contributed by atoms with Gasteiger partial charge in [-0.05, 0) is 44.9 Å². The highest BCUT2D eigenvalue weighted by Crippen LogP contribution is 2.35. The molecule has 112 valence electrons. The maximum absolute atomic E-state index is 10.1. The summed E-state index contributed by atoms with van der Waals surface area (Å²) in [6.07, 6.45) is 1.96. The van der Waals surface area contributed by atoms with Crippen LogP contribution >= 0.6 is 11.6 Å². The Hall–Kier alpha value is -0.610. The third-order valence-electron chi connectivity index (χ3n) is 3.70. The topological polar surface area (TPSA) is 32.7 Å². The molecule has 1 aromatic carbocycles. The van der Waals surface area contributed by atoms with Crippen LogP contribution in [0.2, 0.25) is 5.02 Å². The summed E-state index contributed by atoms with van der Waals surface area (Å²) in [5.41, 5.74) is 1.17. The molecule has 2 rings (SSSR count). The van der Waals surface area contributed by atoms with Gasteiger partial charge in [0, 0.05) is 17.6 Å². The zero-order valence-electron chi connectivity index (χ0n) is 12.3. The number of benzene rings is 1. The van der Waals surface area contributed by atoms with Gasteiger partial charge >= 0.3 is 0 Å². The summed E-state index contributed by atoms with van der Waals surface area (Å²) >= 11 is 6.30. The van der Waals surface area contributed by atoms with Gasteiger partial charge in [-0.25, -0.2) is 0 Å². The standard InChI is InChI=1S/C16H24ClNO2/c1-12(2)20-11-13(19)10-18-9-5-8-16(18)14-6-3-4-7-15(14)17/h3-4,6-7,12-13,16,19H,5,8-11H2,1-2H3. The molecular formula is C16H24ClNO2. The average Bonchev–Trinajstić information content (AvgIpc) is 2.85. The van der Waals surface area contributed by atoms with Crippen molar-refractivity contribution < 1.29 is 9.84 Å².